The topological polar surface area (TPSA) is 54.5 Å². The van der Waals surface area contributed by atoms with E-state index in [-0.39, 0.29) is 5.91 Å². The first-order valence-electron chi connectivity index (χ1n) is 11.5. The van der Waals surface area contributed by atoms with Crippen LogP contribution in [0.15, 0.2) is 54.6 Å². The van der Waals surface area contributed by atoms with Gasteiger partial charge in [0.2, 0.25) is 0 Å². The molecule has 170 valence electrons. The van der Waals surface area contributed by atoms with Crippen molar-refractivity contribution in [2.45, 2.75) is 26.3 Å². The number of nitrogens with one attached hydrogen (secondary N) is 1. The van der Waals surface area contributed by atoms with Gasteiger partial charge < -0.3 is 10.1 Å². The van der Waals surface area contributed by atoms with Crippen molar-refractivity contribution < 1.29 is 9.53 Å². The number of aromatic nitrogens is 1. The third kappa shape index (κ3) is 5.02. The number of nitrogens with zero attached hydrogens (tertiary/aromatic N) is 2. The Hall–Kier alpha value is -2.96. The minimum Gasteiger partial charge on any atom is -0.497 e. The van der Waals surface area contributed by atoms with Gasteiger partial charge in [0.1, 0.15) is 10.6 Å². The van der Waals surface area contributed by atoms with E-state index in [1.807, 2.05) is 24.3 Å². The number of likely N-dealkylation sites (tertiary alicyclic amines) is 1. The lowest BCUT2D eigenvalue weighted by atomic mass is 9.96. The summed E-state index contributed by atoms with van der Waals surface area (Å²) in [6.07, 6.45) is 2.24. The van der Waals surface area contributed by atoms with Gasteiger partial charge in [-0.25, -0.2) is 4.98 Å². The highest BCUT2D eigenvalue weighted by molar-refractivity contribution is 7.20. The number of methoxy groups -OCH3 is 1. The van der Waals surface area contributed by atoms with Gasteiger partial charge in [0.15, 0.2) is 0 Å². The summed E-state index contributed by atoms with van der Waals surface area (Å²) in [6.45, 7) is 6.05. The second kappa shape index (κ2) is 9.49. The van der Waals surface area contributed by atoms with Gasteiger partial charge in [0, 0.05) is 23.9 Å². The fraction of sp³-hybridized carbons (Fsp3) is 0.333. The van der Waals surface area contributed by atoms with Crippen LogP contribution in [-0.2, 0) is 6.54 Å². The van der Waals surface area contributed by atoms with Crippen LogP contribution in [0.1, 0.15) is 33.6 Å². The minimum absolute atomic E-state index is 0.00169. The Morgan fingerprint density at radius 1 is 1.12 bits per heavy atom. The van der Waals surface area contributed by atoms with Crippen LogP contribution in [0.3, 0.4) is 0 Å². The van der Waals surface area contributed by atoms with Gasteiger partial charge in [-0.2, -0.15) is 0 Å². The standard InChI is InChI=1S/C27H29N3O2S/c1-18-4-3-5-20(12-18)17-30-10-8-19(9-11-30)16-28-26(31)25-15-22-13-21-14-23(32-2)6-7-24(21)29-27(22)33-25/h3-7,12-15,19H,8-11,16-17H2,1-2H3,(H,28,31). The zero-order chi connectivity index (χ0) is 22.8. The molecule has 0 spiro atoms. The van der Waals surface area contributed by atoms with Crippen molar-refractivity contribution in [2.75, 3.05) is 26.7 Å². The van der Waals surface area contributed by atoms with Gasteiger partial charge in [-0.1, -0.05) is 29.8 Å². The van der Waals surface area contributed by atoms with E-state index in [4.69, 9.17) is 9.72 Å². The summed E-state index contributed by atoms with van der Waals surface area (Å²) in [6, 6.07) is 18.6. The molecular formula is C27H29N3O2S. The molecule has 2 aromatic heterocycles. The lowest BCUT2D eigenvalue weighted by molar-refractivity contribution is 0.0939. The maximum atomic E-state index is 12.8. The van der Waals surface area contributed by atoms with Gasteiger partial charge in [0.05, 0.1) is 17.5 Å². The Kier molecular flexibility index (Phi) is 6.29. The predicted octanol–water partition coefficient (Wildman–Crippen LogP) is 5.41. The van der Waals surface area contributed by atoms with Crippen LogP contribution in [0.2, 0.25) is 0 Å². The van der Waals surface area contributed by atoms with Crippen molar-refractivity contribution in [3.05, 3.63) is 70.6 Å². The SMILES string of the molecule is COc1ccc2nc3sc(C(=O)NCC4CCN(Cc5cccc(C)c5)CC4)cc3cc2c1. The fourth-order valence-corrected chi connectivity index (χ4v) is 5.53. The molecule has 1 saturated heterocycles. The van der Waals surface area contributed by atoms with E-state index in [1.54, 1.807) is 7.11 Å². The molecule has 0 unspecified atom stereocenters. The molecule has 0 radical (unpaired) electrons. The fourth-order valence-electron chi connectivity index (χ4n) is 4.59. The molecule has 3 heterocycles. The monoisotopic (exact) mass is 459 g/mol. The number of hydrogen-bond donors (Lipinski definition) is 1. The summed E-state index contributed by atoms with van der Waals surface area (Å²) in [4.78, 5) is 21.7. The number of piperidine rings is 1. The molecule has 5 nitrogen and oxygen atoms in total. The molecule has 33 heavy (non-hydrogen) atoms. The van der Waals surface area contributed by atoms with E-state index < -0.39 is 0 Å². The number of aryl methyl sites for hydroxylation is 1. The summed E-state index contributed by atoms with van der Waals surface area (Å²) < 4.78 is 5.32. The zero-order valence-electron chi connectivity index (χ0n) is 19.1. The van der Waals surface area contributed by atoms with E-state index in [0.717, 1.165) is 70.8 Å². The van der Waals surface area contributed by atoms with Crippen LogP contribution in [0, 0.1) is 12.8 Å². The molecule has 1 N–H and O–H groups in total. The number of rotatable bonds is 6. The second-order valence-electron chi connectivity index (χ2n) is 8.97. The lowest BCUT2D eigenvalue weighted by Gasteiger charge is -2.32. The molecule has 5 rings (SSSR count). The zero-order valence-corrected chi connectivity index (χ0v) is 20.0. The molecule has 4 aromatic rings. The Morgan fingerprint density at radius 3 is 2.76 bits per heavy atom. The van der Waals surface area contributed by atoms with Crippen molar-refractivity contribution in [1.82, 2.24) is 15.2 Å². The van der Waals surface area contributed by atoms with Crippen LogP contribution < -0.4 is 10.1 Å². The summed E-state index contributed by atoms with van der Waals surface area (Å²) >= 11 is 1.46. The Morgan fingerprint density at radius 2 is 1.97 bits per heavy atom. The molecule has 1 aliphatic heterocycles. The third-order valence-corrected chi connectivity index (χ3v) is 7.52. The predicted molar refractivity (Wildman–Crippen MR) is 135 cm³/mol. The molecule has 1 aliphatic rings. The highest BCUT2D eigenvalue weighted by Crippen LogP contribution is 2.29. The van der Waals surface area contributed by atoms with Crippen LogP contribution in [-0.4, -0.2) is 42.5 Å². The summed E-state index contributed by atoms with van der Waals surface area (Å²) in [5, 5.41) is 5.18. The quantitative estimate of drug-likeness (QED) is 0.419. The molecule has 1 amide bonds. The van der Waals surface area contributed by atoms with Crippen LogP contribution in [0.4, 0.5) is 0 Å². The van der Waals surface area contributed by atoms with Crippen LogP contribution in [0.25, 0.3) is 21.1 Å². The largest absolute Gasteiger partial charge is 0.497 e. The number of fused-ring (bicyclic) bond motifs is 2. The van der Waals surface area contributed by atoms with E-state index >= 15 is 0 Å². The minimum atomic E-state index is 0.00169. The maximum absolute atomic E-state index is 12.8. The Bertz CT molecular complexity index is 1290. The molecule has 0 bridgehead atoms. The lowest BCUT2D eigenvalue weighted by Crippen LogP contribution is -2.38. The molecule has 0 aliphatic carbocycles. The number of benzene rings is 2. The average molecular weight is 460 g/mol. The number of carbonyl (C=O) groups excluding carboxylic acids is 1. The number of ether oxygens (including phenoxy) is 1. The van der Waals surface area contributed by atoms with Crippen LogP contribution in [0.5, 0.6) is 5.75 Å². The summed E-state index contributed by atoms with van der Waals surface area (Å²) in [5.74, 6) is 1.34. The van der Waals surface area contributed by atoms with Crippen molar-refractivity contribution in [3.8, 4) is 5.75 Å². The highest BCUT2D eigenvalue weighted by Gasteiger charge is 2.21. The Labute approximate surface area is 198 Å². The first-order chi connectivity index (χ1) is 16.1. The number of thiophene rings is 1. The molecule has 1 fully saturated rings. The normalized spacial score (nSPS) is 15.2. The number of hydrogen-bond acceptors (Lipinski definition) is 5. The van der Waals surface area contributed by atoms with E-state index in [0.29, 0.717) is 5.92 Å². The van der Waals surface area contributed by atoms with Gasteiger partial charge in [-0.3, -0.25) is 9.69 Å². The first kappa shape index (κ1) is 21.9. The van der Waals surface area contributed by atoms with Gasteiger partial charge in [-0.05, 0) is 74.7 Å². The smallest absolute Gasteiger partial charge is 0.261 e. The molecule has 0 atom stereocenters. The second-order valence-corrected chi connectivity index (χ2v) is 10.0. The molecule has 2 aromatic carbocycles. The average Bonchev–Trinajstić information content (AvgIpc) is 3.24. The van der Waals surface area contributed by atoms with Gasteiger partial charge in [-0.15, -0.1) is 11.3 Å². The van der Waals surface area contributed by atoms with E-state index in [2.05, 4.69) is 47.5 Å². The van der Waals surface area contributed by atoms with Crippen molar-refractivity contribution >= 4 is 38.4 Å². The number of carbonyl (C=O) groups is 1. The molecule has 6 heteroatoms. The third-order valence-electron chi connectivity index (χ3n) is 6.48. The number of pyridine rings is 1. The van der Waals surface area contributed by atoms with E-state index in [9.17, 15) is 4.79 Å². The number of amides is 1. The van der Waals surface area contributed by atoms with E-state index in [1.165, 1.54) is 22.5 Å². The molecule has 0 saturated carbocycles. The molecular weight excluding hydrogens is 430 g/mol. The van der Waals surface area contributed by atoms with Gasteiger partial charge >= 0.3 is 0 Å². The Balaban J connectivity index is 1.17. The van der Waals surface area contributed by atoms with Gasteiger partial charge in [0.25, 0.3) is 5.91 Å². The van der Waals surface area contributed by atoms with Crippen molar-refractivity contribution in [1.29, 1.82) is 0 Å². The summed E-state index contributed by atoms with van der Waals surface area (Å²) in [5.41, 5.74) is 3.61. The summed E-state index contributed by atoms with van der Waals surface area (Å²) in [7, 11) is 1.66. The van der Waals surface area contributed by atoms with Crippen molar-refractivity contribution in [2.24, 2.45) is 5.92 Å². The first-order valence-corrected chi connectivity index (χ1v) is 12.3. The van der Waals surface area contributed by atoms with Crippen molar-refractivity contribution in [3.63, 3.8) is 0 Å². The van der Waals surface area contributed by atoms with Crippen LogP contribution >= 0.6 is 11.3 Å². The highest BCUT2D eigenvalue weighted by atomic mass is 32.1. The maximum Gasteiger partial charge on any atom is 0.261 e.